The van der Waals surface area contributed by atoms with Gasteiger partial charge in [0.15, 0.2) is 5.60 Å². The Hall–Kier alpha value is -2.46. The molecule has 2 heterocycles. The van der Waals surface area contributed by atoms with E-state index in [9.17, 15) is 9.59 Å². The Kier molecular flexibility index (Phi) is 4.47. The number of hydrogen-bond acceptors (Lipinski definition) is 3. The summed E-state index contributed by atoms with van der Waals surface area (Å²) in [7, 11) is 1.81. The topological polar surface area (TPSA) is 46.6 Å². The van der Waals surface area contributed by atoms with Gasteiger partial charge in [-0.1, -0.05) is 63.2 Å². The molecule has 1 fully saturated rings. The predicted octanol–water partition coefficient (Wildman–Crippen LogP) is 4.74. The van der Waals surface area contributed by atoms with E-state index in [1.165, 1.54) is 0 Å². The zero-order chi connectivity index (χ0) is 21.0. The number of anilines is 1. The minimum absolute atomic E-state index is 0.0519. The Labute approximate surface area is 172 Å². The fourth-order valence-electron chi connectivity index (χ4n) is 5.22. The first-order valence-electron chi connectivity index (χ1n) is 10.2. The molecule has 0 bridgehead atoms. The number of carbonyl (C=O) groups excluding carboxylic acids is 2. The summed E-state index contributed by atoms with van der Waals surface area (Å²) in [6.45, 7) is 8.37. The molecular weight excluding hydrogens is 362 g/mol. The van der Waals surface area contributed by atoms with Crippen LogP contribution in [0.5, 0.6) is 0 Å². The SMILES string of the molecule is Cc1ccccc1[C@@H]1C[C@](CC=O)(C(C)(C)C)O[C@@]12C(=O)N(C)c1ccccc12. The molecule has 4 heteroatoms. The van der Waals surface area contributed by atoms with Gasteiger partial charge in [-0.15, -0.1) is 0 Å². The largest absolute Gasteiger partial charge is 0.352 e. The maximum Gasteiger partial charge on any atom is 0.264 e. The molecular formula is C25H29NO3. The second-order valence-electron chi connectivity index (χ2n) is 9.45. The molecule has 2 aliphatic heterocycles. The van der Waals surface area contributed by atoms with Crippen molar-refractivity contribution >= 4 is 17.9 Å². The first-order valence-corrected chi connectivity index (χ1v) is 10.2. The average molecular weight is 392 g/mol. The van der Waals surface area contributed by atoms with Gasteiger partial charge in [-0.2, -0.15) is 0 Å². The van der Waals surface area contributed by atoms with Crippen molar-refractivity contribution in [2.24, 2.45) is 5.41 Å². The van der Waals surface area contributed by atoms with Gasteiger partial charge in [-0.05, 0) is 36.0 Å². The first-order chi connectivity index (χ1) is 13.7. The molecule has 2 aromatic rings. The molecule has 0 saturated carbocycles. The Morgan fingerprint density at radius 1 is 1.14 bits per heavy atom. The quantitative estimate of drug-likeness (QED) is 0.710. The lowest BCUT2D eigenvalue weighted by Crippen LogP contribution is -2.48. The average Bonchev–Trinajstić information content (AvgIpc) is 3.13. The van der Waals surface area contributed by atoms with Crippen LogP contribution in [0.15, 0.2) is 48.5 Å². The maximum atomic E-state index is 13.8. The summed E-state index contributed by atoms with van der Waals surface area (Å²) in [6.07, 6.45) is 1.82. The summed E-state index contributed by atoms with van der Waals surface area (Å²) in [4.78, 5) is 27.3. The number of ether oxygens (including phenoxy) is 1. The number of aldehydes is 1. The highest BCUT2D eigenvalue weighted by Gasteiger charge is 2.67. The molecule has 4 nitrogen and oxygen atoms in total. The molecule has 1 spiro atoms. The highest BCUT2D eigenvalue weighted by molar-refractivity contribution is 6.07. The minimum Gasteiger partial charge on any atom is -0.352 e. The van der Waals surface area contributed by atoms with Crippen molar-refractivity contribution in [3.8, 4) is 0 Å². The van der Waals surface area contributed by atoms with Crippen LogP contribution in [-0.2, 0) is 19.9 Å². The summed E-state index contributed by atoms with van der Waals surface area (Å²) >= 11 is 0. The number of amides is 1. The van der Waals surface area contributed by atoms with E-state index < -0.39 is 11.2 Å². The third-order valence-electron chi connectivity index (χ3n) is 7.01. The highest BCUT2D eigenvalue weighted by Crippen LogP contribution is 2.63. The number of para-hydroxylation sites is 1. The van der Waals surface area contributed by atoms with Gasteiger partial charge >= 0.3 is 0 Å². The number of nitrogens with zero attached hydrogens (tertiary/aromatic N) is 1. The van der Waals surface area contributed by atoms with Gasteiger partial charge in [0.2, 0.25) is 0 Å². The molecule has 152 valence electrons. The predicted molar refractivity (Wildman–Crippen MR) is 114 cm³/mol. The van der Waals surface area contributed by atoms with Crippen molar-refractivity contribution in [2.45, 2.75) is 57.7 Å². The van der Waals surface area contributed by atoms with Gasteiger partial charge < -0.3 is 14.4 Å². The highest BCUT2D eigenvalue weighted by atomic mass is 16.5. The molecule has 2 aliphatic rings. The summed E-state index contributed by atoms with van der Waals surface area (Å²) in [5.41, 5.74) is 1.88. The Balaban J connectivity index is 2.01. The van der Waals surface area contributed by atoms with Crippen molar-refractivity contribution in [3.63, 3.8) is 0 Å². The van der Waals surface area contributed by atoms with Crippen LogP contribution in [0.2, 0.25) is 0 Å². The van der Waals surface area contributed by atoms with Gasteiger partial charge in [0, 0.05) is 24.9 Å². The number of aryl methyl sites for hydroxylation is 1. The fraction of sp³-hybridized carbons (Fsp3) is 0.440. The third kappa shape index (κ3) is 2.62. The summed E-state index contributed by atoms with van der Waals surface area (Å²) in [6, 6.07) is 16.1. The number of fused-ring (bicyclic) bond motifs is 2. The standard InChI is InChI=1S/C25H29NO3/c1-17-10-6-7-11-18(17)20-16-24(14-15-27,23(2,3)4)29-25(20)19-12-8-9-13-21(19)26(5)22(25)28/h6-13,15,20H,14,16H2,1-5H3/t20-,24+,25+/m0/s1. The molecule has 3 atom stereocenters. The van der Waals surface area contributed by atoms with Crippen LogP contribution in [0.1, 0.15) is 56.2 Å². The number of hydrogen-bond donors (Lipinski definition) is 0. The molecule has 0 aliphatic carbocycles. The Morgan fingerprint density at radius 3 is 2.45 bits per heavy atom. The zero-order valence-electron chi connectivity index (χ0n) is 17.9. The summed E-state index contributed by atoms with van der Waals surface area (Å²) in [5.74, 6) is -0.217. The lowest BCUT2D eigenvalue weighted by molar-refractivity contribution is -0.175. The van der Waals surface area contributed by atoms with Gasteiger partial charge in [-0.25, -0.2) is 0 Å². The lowest BCUT2D eigenvalue weighted by atomic mass is 9.68. The second kappa shape index (κ2) is 6.53. The summed E-state index contributed by atoms with van der Waals surface area (Å²) < 4.78 is 6.91. The minimum atomic E-state index is -1.12. The number of likely N-dealkylation sites (N-methyl/N-ethyl adjacent to an activating group) is 1. The monoisotopic (exact) mass is 391 g/mol. The van der Waals surface area contributed by atoms with Crippen LogP contribution in [-0.4, -0.2) is 24.8 Å². The van der Waals surface area contributed by atoms with Crippen LogP contribution in [0.4, 0.5) is 5.69 Å². The van der Waals surface area contributed by atoms with Gasteiger partial charge in [0.05, 0.1) is 11.3 Å². The zero-order valence-corrected chi connectivity index (χ0v) is 17.9. The number of benzene rings is 2. The van der Waals surface area contributed by atoms with Crippen molar-refractivity contribution in [1.29, 1.82) is 0 Å². The molecule has 4 rings (SSSR count). The lowest BCUT2D eigenvalue weighted by Gasteiger charge is -2.41. The van der Waals surface area contributed by atoms with E-state index in [-0.39, 0.29) is 23.7 Å². The van der Waals surface area contributed by atoms with E-state index in [4.69, 9.17) is 4.74 Å². The normalized spacial score (nSPS) is 28.8. The fourth-order valence-corrected chi connectivity index (χ4v) is 5.22. The van der Waals surface area contributed by atoms with Crippen LogP contribution >= 0.6 is 0 Å². The maximum absolute atomic E-state index is 13.8. The Morgan fingerprint density at radius 2 is 1.79 bits per heavy atom. The first kappa shape index (κ1) is 19.8. The van der Waals surface area contributed by atoms with E-state index in [0.717, 1.165) is 28.7 Å². The van der Waals surface area contributed by atoms with Crippen LogP contribution in [0.3, 0.4) is 0 Å². The van der Waals surface area contributed by atoms with Crippen molar-refractivity contribution in [2.75, 3.05) is 11.9 Å². The van der Waals surface area contributed by atoms with Crippen molar-refractivity contribution < 1.29 is 14.3 Å². The number of rotatable bonds is 3. The smallest absolute Gasteiger partial charge is 0.264 e. The van der Waals surface area contributed by atoms with Crippen molar-refractivity contribution in [1.82, 2.24) is 0 Å². The van der Waals surface area contributed by atoms with Crippen LogP contribution < -0.4 is 4.90 Å². The van der Waals surface area contributed by atoms with E-state index in [0.29, 0.717) is 6.42 Å². The molecule has 1 saturated heterocycles. The number of carbonyl (C=O) groups is 2. The van der Waals surface area contributed by atoms with Gasteiger partial charge in [0.1, 0.15) is 6.29 Å². The molecule has 29 heavy (non-hydrogen) atoms. The van der Waals surface area contributed by atoms with E-state index >= 15 is 0 Å². The summed E-state index contributed by atoms with van der Waals surface area (Å²) in [5, 5.41) is 0. The van der Waals surface area contributed by atoms with Crippen LogP contribution in [0, 0.1) is 12.3 Å². The van der Waals surface area contributed by atoms with Crippen molar-refractivity contribution in [3.05, 3.63) is 65.2 Å². The Bertz CT molecular complexity index is 976. The van der Waals surface area contributed by atoms with E-state index in [2.05, 4.69) is 39.8 Å². The molecule has 0 aromatic heterocycles. The second-order valence-corrected chi connectivity index (χ2v) is 9.45. The van der Waals surface area contributed by atoms with E-state index in [1.807, 2.05) is 43.4 Å². The van der Waals surface area contributed by atoms with E-state index in [1.54, 1.807) is 4.90 Å². The molecule has 0 unspecified atom stereocenters. The van der Waals surface area contributed by atoms with Gasteiger partial charge in [0.25, 0.3) is 5.91 Å². The third-order valence-corrected chi connectivity index (χ3v) is 7.01. The molecule has 0 radical (unpaired) electrons. The van der Waals surface area contributed by atoms with Gasteiger partial charge in [-0.3, -0.25) is 4.79 Å². The molecule has 2 aromatic carbocycles. The molecule has 0 N–H and O–H groups in total. The van der Waals surface area contributed by atoms with Crippen LogP contribution in [0.25, 0.3) is 0 Å². The molecule has 1 amide bonds.